The van der Waals surface area contributed by atoms with E-state index in [1.54, 1.807) is 0 Å². The molecule has 19 heteroatoms. The van der Waals surface area contributed by atoms with Crippen molar-refractivity contribution in [3.63, 3.8) is 0 Å². The zero-order valence-electron chi connectivity index (χ0n) is 66.8. The molecule has 0 amide bonds. The highest BCUT2D eigenvalue weighted by Gasteiger charge is 2.30. The predicted molar refractivity (Wildman–Crippen MR) is 418 cm³/mol. The van der Waals surface area contributed by atoms with Gasteiger partial charge in [0.15, 0.2) is 12.2 Å². The molecule has 0 saturated carbocycles. The van der Waals surface area contributed by atoms with E-state index >= 15 is 0 Å². The number of unbranched alkanes of at least 4 members (excludes halogenated alkanes) is 55. The van der Waals surface area contributed by atoms with Crippen molar-refractivity contribution in [3.8, 4) is 0 Å². The van der Waals surface area contributed by atoms with E-state index in [0.29, 0.717) is 25.7 Å². The lowest BCUT2D eigenvalue weighted by atomic mass is 10.0. The van der Waals surface area contributed by atoms with Gasteiger partial charge in [0.2, 0.25) is 0 Å². The van der Waals surface area contributed by atoms with Crippen LogP contribution in [0.2, 0.25) is 0 Å². The molecule has 0 aliphatic rings. The van der Waals surface area contributed by atoms with Gasteiger partial charge in [0, 0.05) is 25.7 Å². The fourth-order valence-corrected chi connectivity index (χ4v) is 14.5. The van der Waals surface area contributed by atoms with Crippen molar-refractivity contribution >= 4 is 39.5 Å². The Morgan fingerprint density at radius 3 is 0.667 bits per heavy atom. The van der Waals surface area contributed by atoms with Crippen molar-refractivity contribution in [2.24, 2.45) is 5.92 Å². The lowest BCUT2D eigenvalue weighted by Gasteiger charge is -2.21. The molecule has 2 unspecified atom stereocenters. The molecule has 0 rings (SSSR count). The Labute approximate surface area is 626 Å². The van der Waals surface area contributed by atoms with E-state index in [1.807, 2.05) is 0 Å². The highest BCUT2D eigenvalue weighted by atomic mass is 31.2. The second-order valence-electron chi connectivity index (χ2n) is 30.3. The Morgan fingerprint density at radius 2 is 0.451 bits per heavy atom. The Balaban J connectivity index is 5.24. The van der Waals surface area contributed by atoms with Gasteiger partial charge in [-0.2, -0.15) is 0 Å². The lowest BCUT2D eigenvalue weighted by Crippen LogP contribution is -2.30. The summed E-state index contributed by atoms with van der Waals surface area (Å²) in [5.41, 5.74) is 0. The Morgan fingerprint density at radius 1 is 0.265 bits per heavy atom. The van der Waals surface area contributed by atoms with Crippen LogP contribution < -0.4 is 0 Å². The molecule has 0 bridgehead atoms. The lowest BCUT2D eigenvalue weighted by molar-refractivity contribution is -0.161. The van der Waals surface area contributed by atoms with Gasteiger partial charge in [-0.3, -0.25) is 37.3 Å². The fourth-order valence-electron chi connectivity index (χ4n) is 12.9. The maximum absolute atomic E-state index is 13.1. The van der Waals surface area contributed by atoms with E-state index in [1.165, 1.54) is 270 Å². The molecule has 0 saturated heterocycles. The largest absolute Gasteiger partial charge is 0.472 e. The first-order chi connectivity index (χ1) is 49.5. The minimum absolute atomic E-state index is 0.108. The summed E-state index contributed by atoms with van der Waals surface area (Å²) in [6.07, 6.45) is 68.0. The van der Waals surface area contributed by atoms with E-state index in [2.05, 4.69) is 34.6 Å². The molecule has 0 aliphatic carbocycles. The van der Waals surface area contributed by atoms with Crippen LogP contribution in [0, 0.1) is 5.92 Å². The monoisotopic (exact) mass is 1490 g/mol. The normalized spacial score (nSPS) is 13.8. The molecule has 0 aromatic rings. The first-order valence-corrected chi connectivity index (χ1v) is 46.1. The predicted octanol–water partition coefficient (Wildman–Crippen LogP) is 25.2. The smallest absolute Gasteiger partial charge is 0.462 e. The number of carbonyl (C=O) groups excluding carboxylic acids is 4. The van der Waals surface area contributed by atoms with Crippen molar-refractivity contribution in [1.29, 1.82) is 0 Å². The molecule has 102 heavy (non-hydrogen) atoms. The molecule has 0 aromatic carbocycles. The SMILES string of the molecule is CCCCCCCCCCCCCCCCCCCCCC(=O)O[C@H](COC(=O)CCCCCCCCCCCCCCCCCCCC)COP(=O)(O)OC[C@@H](O)COP(=O)(O)OC[C@@H](COC(=O)CCCCCCCCCCC(C)C)OC(=O)CCCCCCCCCCCCCCCC. The summed E-state index contributed by atoms with van der Waals surface area (Å²) in [6.45, 7) is 7.31. The van der Waals surface area contributed by atoms with Crippen LogP contribution in [0.4, 0.5) is 0 Å². The van der Waals surface area contributed by atoms with Crippen molar-refractivity contribution in [2.45, 2.75) is 464 Å². The highest BCUT2D eigenvalue weighted by Crippen LogP contribution is 2.45. The molecule has 0 spiro atoms. The van der Waals surface area contributed by atoms with Crippen LogP contribution in [0.5, 0.6) is 0 Å². The molecule has 3 N–H and O–H groups in total. The zero-order chi connectivity index (χ0) is 74.8. The third-order valence-corrected chi connectivity index (χ3v) is 21.4. The first-order valence-electron chi connectivity index (χ1n) is 43.1. The molecule has 0 heterocycles. The van der Waals surface area contributed by atoms with Crippen molar-refractivity contribution < 1.29 is 80.2 Å². The summed E-state index contributed by atoms with van der Waals surface area (Å²) in [5.74, 6) is -1.38. The molecular weight excluding hydrogens is 1330 g/mol. The Kier molecular flexibility index (Phi) is 74.4. The highest BCUT2D eigenvalue weighted by molar-refractivity contribution is 7.47. The number of rotatable bonds is 83. The second kappa shape index (κ2) is 75.9. The summed E-state index contributed by atoms with van der Waals surface area (Å²) in [5, 5.41) is 10.7. The van der Waals surface area contributed by atoms with Crippen LogP contribution in [-0.4, -0.2) is 96.7 Å². The number of phosphoric acid groups is 2. The quantitative estimate of drug-likeness (QED) is 0.0222. The number of hydrogen-bond acceptors (Lipinski definition) is 15. The number of aliphatic hydroxyl groups excluding tert-OH is 1. The second-order valence-corrected chi connectivity index (χ2v) is 33.3. The van der Waals surface area contributed by atoms with Gasteiger partial charge < -0.3 is 33.8 Å². The molecular formula is C83H162O17P2. The van der Waals surface area contributed by atoms with Crippen molar-refractivity contribution in [3.05, 3.63) is 0 Å². The van der Waals surface area contributed by atoms with Gasteiger partial charge in [-0.15, -0.1) is 0 Å². The average molecular weight is 1490 g/mol. The molecule has 606 valence electrons. The van der Waals surface area contributed by atoms with Crippen molar-refractivity contribution in [2.75, 3.05) is 39.6 Å². The van der Waals surface area contributed by atoms with Gasteiger partial charge in [-0.25, -0.2) is 9.13 Å². The summed E-state index contributed by atoms with van der Waals surface area (Å²) in [6, 6.07) is 0. The van der Waals surface area contributed by atoms with Crippen LogP contribution >= 0.6 is 15.6 Å². The number of phosphoric ester groups is 2. The maximum Gasteiger partial charge on any atom is 0.472 e. The zero-order valence-corrected chi connectivity index (χ0v) is 68.5. The van der Waals surface area contributed by atoms with Gasteiger partial charge in [0.25, 0.3) is 0 Å². The van der Waals surface area contributed by atoms with E-state index in [0.717, 1.165) is 95.8 Å². The molecule has 5 atom stereocenters. The van der Waals surface area contributed by atoms with E-state index in [-0.39, 0.29) is 25.7 Å². The summed E-state index contributed by atoms with van der Waals surface area (Å²) >= 11 is 0. The number of esters is 4. The van der Waals surface area contributed by atoms with Crippen LogP contribution in [0.1, 0.15) is 446 Å². The molecule has 0 radical (unpaired) electrons. The van der Waals surface area contributed by atoms with E-state index in [9.17, 15) is 43.2 Å². The van der Waals surface area contributed by atoms with E-state index < -0.39 is 97.5 Å². The van der Waals surface area contributed by atoms with Gasteiger partial charge in [-0.1, -0.05) is 394 Å². The Hall–Kier alpha value is -1.94. The van der Waals surface area contributed by atoms with Gasteiger partial charge in [0.1, 0.15) is 19.3 Å². The van der Waals surface area contributed by atoms with Crippen molar-refractivity contribution in [1.82, 2.24) is 0 Å². The van der Waals surface area contributed by atoms with Gasteiger partial charge >= 0.3 is 39.5 Å². The average Bonchev–Trinajstić information content (AvgIpc) is 0.915. The Bertz CT molecular complexity index is 1940. The topological polar surface area (TPSA) is 237 Å². The van der Waals surface area contributed by atoms with Crippen LogP contribution in [0.25, 0.3) is 0 Å². The number of ether oxygens (including phenoxy) is 4. The molecule has 17 nitrogen and oxygen atoms in total. The summed E-state index contributed by atoms with van der Waals surface area (Å²) in [4.78, 5) is 73.1. The molecule has 0 aromatic heterocycles. The van der Waals surface area contributed by atoms with Crippen LogP contribution in [0.3, 0.4) is 0 Å². The van der Waals surface area contributed by atoms with Crippen LogP contribution in [0.15, 0.2) is 0 Å². The molecule has 0 aliphatic heterocycles. The minimum Gasteiger partial charge on any atom is -0.462 e. The van der Waals surface area contributed by atoms with Crippen LogP contribution in [-0.2, 0) is 65.4 Å². The number of aliphatic hydroxyl groups is 1. The molecule has 0 fully saturated rings. The third-order valence-electron chi connectivity index (χ3n) is 19.5. The first kappa shape index (κ1) is 100. The number of carbonyl (C=O) groups is 4. The summed E-state index contributed by atoms with van der Waals surface area (Å²) < 4.78 is 68.8. The maximum atomic E-state index is 13.1. The van der Waals surface area contributed by atoms with Gasteiger partial charge in [-0.05, 0) is 31.6 Å². The number of hydrogen-bond donors (Lipinski definition) is 3. The fraction of sp³-hybridized carbons (Fsp3) is 0.952. The van der Waals surface area contributed by atoms with Gasteiger partial charge in [0.05, 0.1) is 26.4 Å². The third kappa shape index (κ3) is 76.3. The summed E-state index contributed by atoms with van der Waals surface area (Å²) in [7, 11) is -9.92. The minimum atomic E-state index is -4.96. The van der Waals surface area contributed by atoms with E-state index in [4.69, 9.17) is 37.0 Å². The standard InChI is InChI=1S/C83H162O17P2/c1-6-9-12-15-18-21-24-27-30-32-34-36-38-41-44-47-54-59-64-69-83(88)99-78(72-93-80(85)66-61-56-51-45-42-40-37-35-33-31-28-25-22-19-16-13-10-7-2)74-97-101(89,90)95-70-77(84)71-96-102(91,92)98-75-79(73-94-81(86)67-62-57-52-49-48-50-55-60-65-76(4)5)100-82(87)68-63-58-53-46-43-39-29-26-23-20-17-14-11-8-3/h76-79,84H,6-75H2,1-5H3,(H,89,90)(H,91,92)/t77-,78-,79-/m1/s1.